The molecule has 1 amide bonds. The van der Waals surface area contributed by atoms with Gasteiger partial charge in [0.2, 0.25) is 0 Å². The van der Waals surface area contributed by atoms with Gasteiger partial charge in [0.15, 0.2) is 0 Å². The van der Waals surface area contributed by atoms with Crippen molar-refractivity contribution in [1.82, 2.24) is 10.2 Å². The highest BCUT2D eigenvalue weighted by atomic mass is 127. The van der Waals surface area contributed by atoms with Crippen LogP contribution in [0.3, 0.4) is 0 Å². The van der Waals surface area contributed by atoms with Crippen molar-refractivity contribution < 1.29 is 4.79 Å². The number of carbonyl (C=O) groups excluding carboxylic acids is 1. The predicted molar refractivity (Wildman–Crippen MR) is 95.6 cm³/mol. The molecular weight excluding hydrogens is 375 g/mol. The van der Waals surface area contributed by atoms with Gasteiger partial charge >= 0.3 is 0 Å². The van der Waals surface area contributed by atoms with Crippen molar-refractivity contribution in [2.24, 2.45) is 0 Å². The van der Waals surface area contributed by atoms with E-state index >= 15 is 0 Å². The summed E-state index contributed by atoms with van der Waals surface area (Å²) in [5.74, 6) is 0.0469. The van der Waals surface area contributed by atoms with Gasteiger partial charge < -0.3 is 10.2 Å². The number of hydrogen-bond donors (Lipinski definition) is 1. The predicted octanol–water partition coefficient (Wildman–Crippen LogP) is 3.68. The molecule has 1 saturated heterocycles. The SMILES string of the molecule is CC[C@H]1CCCCN1CCCNC(=O)c1ccccc1I. The molecule has 21 heavy (non-hydrogen) atoms. The maximum atomic E-state index is 12.1. The van der Waals surface area contributed by atoms with Crippen molar-refractivity contribution in [1.29, 1.82) is 0 Å². The summed E-state index contributed by atoms with van der Waals surface area (Å²) in [6.07, 6.45) is 6.31. The third kappa shape index (κ3) is 4.95. The van der Waals surface area contributed by atoms with E-state index < -0.39 is 0 Å². The monoisotopic (exact) mass is 400 g/mol. The zero-order chi connectivity index (χ0) is 15.1. The topological polar surface area (TPSA) is 32.3 Å². The Bertz CT molecular complexity index is 464. The number of halogens is 1. The number of rotatable bonds is 6. The Balaban J connectivity index is 1.72. The van der Waals surface area contributed by atoms with E-state index in [1.165, 1.54) is 32.2 Å². The van der Waals surface area contributed by atoms with E-state index in [0.717, 1.165) is 34.7 Å². The summed E-state index contributed by atoms with van der Waals surface area (Å²) in [5, 5.41) is 3.04. The Kier molecular flexibility index (Phi) is 6.96. The second-order valence-corrected chi connectivity index (χ2v) is 6.85. The van der Waals surface area contributed by atoms with Crippen LogP contribution in [0, 0.1) is 3.57 Å². The molecule has 1 aromatic carbocycles. The molecule has 1 fully saturated rings. The summed E-state index contributed by atoms with van der Waals surface area (Å²) in [5.41, 5.74) is 0.780. The number of nitrogens with zero attached hydrogens (tertiary/aromatic N) is 1. The first kappa shape index (κ1) is 16.7. The number of benzene rings is 1. The molecule has 0 spiro atoms. The lowest BCUT2D eigenvalue weighted by Gasteiger charge is -2.35. The van der Waals surface area contributed by atoms with E-state index in [2.05, 4.69) is 39.7 Å². The first-order chi connectivity index (χ1) is 10.2. The van der Waals surface area contributed by atoms with E-state index in [-0.39, 0.29) is 5.91 Å². The van der Waals surface area contributed by atoms with Gasteiger partial charge in [0, 0.05) is 22.7 Å². The highest BCUT2D eigenvalue weighted by Gasteiger charge is 2.19. The molecule has 1 aliphatic rings. The van der Waals surface area contributed by atoms with E-state index in [4.69, 9.17) is 0 Å². The zero-order valence-corrected chi connectivity index (χ0v) is 14.9. The van der Waals surface area contributed by atoms with Crippen LogP contribution in [0.2, 0.25) is 0 Å². The standard InChI is InChI=1S/C17H25IN2O/c1-2-14-8-5-6-12-20(14)13-7-11-19-17(21)15-9-3-4-10-16(15)18/h3-4,9-10,14H,2,5-8,11-13H2,1H3,(H,19,21)/t14-/m0/s1. The van der Waals surface area contributed by atoms with Gasteiger partial charge in [0.05, 0.1) is 5.56 Å². The van der Waals surface area contributed by atoms with Crippen LogP contribution in [0.5, 0.6) is 0 Å². The number of likely N-dealkylation sites (tertiary alicyclic amines) is 1. The largest absolute Gasteiger partial charge is 0.352 e. The molecule has 1 aliphatic heterocycles. The van der Waals surface area contributed by atoms with Gasteiger partial charge in [-0.25, -0.2) is 0 Å². The van der Waals surface area contributed by atoms with Crippen LogP contribution in [0.15, 0.2) is 24.3 Å². The lowest BCUT2D eigenvalue weighted by atomic mass is 10.00. The summed E-state index contributed by atoms with van der Waals surface area (Å²) in [6.45, 7) is 5.37. The maximum absolute atomic E-state index is 12.1. The van der Waals surface area contributed by atoms with Crippen LogP contribution in [-0.4, -0.2) is 36.5 Å². The molecule has 0 aromatic heterocycles. The molecular formula is C17H25IN2O. The van der Waals surface area contributed by atoms with Gasteiger partial charge in [0.25, 0.3) is 5.91 Å². The fourth-order valence-corrected chi connectivity index (χ4v) is 3.67. The second kappa shape index (κ2) is 8.73. The minimum absolute atomic E-state index is 0.0469. The maximum Gasteiger partial charge on any atom is 0.252 e. The van der Waals surface area contributed by atoms with Crippen molar-refractivity contribution in [3.8, 4) is 0 Å². The molecule has 0 bridgehead atoms. The molecule has 1 heterocycles. The van der Waals surface area contributed by atoms with E-state index in [1.807, 2.05) is 24.3 Å². The van der Waals surface area contributed by atoms with Crippen molar-refractivity contribution in [2.75, 3.05) is 19.6 Å². The van der Waals surface area contributed by atoms with Crippen molar-refractivity contribution in [2.45, 2.75) is 45.1 Å². The van der Waals surface area contributed by atoms with E-state index in [1.54, 1.807) is 0 Å². The van der Waals surface area contributed by atoms with Gasteiger partial charge in [-0.05, 0) is 67.0 Å². The fraction of sp³-hybridized carbons (Fsp3) is 0.588. The Labute approximate surface area is 141 Å². The third-order valence-corrected chi connectivity index (χ3v) is 5.19. The van der Waals surface area contributed by atoms with Crippen LogP contribution >= 0.6 is 22.6 Å². The second-order valence-electron chi connectivity index (χ2n) is 5.68. The van der Waals surface area contributed by atoms with E-state index in [9.17, 15) is 4.79 Å². The van der Waals surface area contributed by atoms with E-state index in [0.29, 0.717) is 0 Å². The quantitative estimate of drug-likeness (QED) is 0.584. The van der Waals surface area contributed by atoms with Gasteiger partial charge in [-0.15, -0.1) is 0 Å². The molecule has 4 heteroatoms. The average Bonchev–Trinajstić information content (AvgIpc) is 2.52. The first-order valence-corrected chi connectivity index (χ1v) is 9.07. The van der Waals surface area contributed by atoms with Crippen LogP contribution in [0.25, 0.3) is 0 Å². The smallest absolute Gasteiger partial charge is 0.252 e. The first-order valence-electron chi connectivity index (χ1n) is 7.99. The van der Waals surface area contributed by atoms with Crippen molar-refractivity contribution >= 4 is 28.5 Å². The average molecular weight is 400 g/mol. The molecule has 3 nitrogen and oxygen atoms in total. The number of nitrogens with one attached hydrogen (secondary N) is 1. The van der Waals surface area contributed by atoms with Gasteiger partial charge in [-0.1, -0.05) is 25.5 Å². The lowest BCUT2D eigenvalue weighted by Crippen LogP contribution is -2.40. The summed E-state index contributed by atoms with van der Waals surface area (Å²) in [6, 6.07) is 8.48. The van der Waals surface area contributed by atoms with Crippen molar-refractivity contribution in [3.63, 3.8) is 0 Å². The van der Waals surface area contributed by atoms with Crippen LogP contribution in [0.1, 0.15) is 49.4 Å². The minimum Gasteiger partial charge on any atom is -0.352 e. The summed E-state index contributed by atoms with van der Waals surface area (Å²) in [7, 11) is 0. The van der Waals surface area contributed by atoms with Gasteiger partial charge in [-0.3, -0.25) is 4.79 Å². The number of piperidine rings is 1. The Morgan fingerprint density at radius 3 is 2.95 bits per heavy atom. The highest BCUT2D eigenvalue weighted by molar-refractivity contribution is 14.1. The summed E-state index contributed by atoms with van der Waals surface area (Å²) in [4.78, 5) is 14.7. The van der Waals surface area contributed by atoms with Crippen LogP contribution in [0.4, 0.5) is 0 Å². The van der Waals surface area contributed by atoms with Gasteiger partial charge in [0.1, 0.15) is 0 Å². The molecule has 0 aliphatic carbocycles. The molecule has 1 atom stereocenters. The molecule has 0 saturated carbocycles. The van der Waals surface area contributed by atoms with Crippen LogP contribution < -0.4 is 5.32 Å². The number of carbonyl (C=O) groups is 1. The Morgan fingerprint density at radius 1 is 1.38 bits per heavy atom. The van der Waals surface area contributed by atoms with Crippen LogP contribution in [-0.2, 0) is 0 Å². The molecule has 1 aromatic rings. The normalized spacial score (nSPS) is 19.4. The molecule has 1 N–H and O–H groups in total. The lowest BCUT2D eigenvalue weighted by molar-refractivity contribution is 0.0946. The Hall–Kier alpha value is -0.620. The molecule has 116 valence electrons. The highest BCUT2D eigenvalue weighted by Crippen LogP contribution is 2.19. The number of amides is 1. The minimum atomic E-state index is 0.0469. The summed E-state index contributed by atoms with van der Waals surface area (Å²) >= 11 is 2.21. The third-order valence-electron chi connectivity index (χ3n) is 4.25. The zero-order valence-electron chi connectivity index (χ0n) is 12.8. The van der Waals surface area contributed by atoms with Crippen molar-refractivity contribution in [3.05, 3.63) is 33.4 Å². The fourth-order valence-electron chi connectivity index (χ4n) is 3.04. The summed E-state index contributed by atoms with van der Waals surface area (Å²) < 4.78 is 1.01. The molecule has 0 radical (unpaired) electrons. The molecule has 0 unspecified atom stereocenters. The Morgan fingerprint density at radius 2 is 2.19 bits per heavy atom. The molecule has 2 rings (SSSR count). The van der Waals surface area contributed by atoms with Gasteiger partial charge in [-0.2, -0.15) is 0 Å². The number of hydrogen-bond acceptors (Lipinski definition) is 2.